The Morgan fingerprint density at radius 3 is 2.19 bits per heavy atom. The number of hydrogen-bond donors (Lipinski definition) is 2. The maximum Gasteiger partial charge on any atom is 0.216 e. The molecule has 0 aliphatic rings. The molecular formula is C15H26N2O2S2. The van der Waals surface area contributed by atoms with E-state index in [-0.39, 0.29) is 11.8 Å². The van der Waals surface area contributed by atoms with Gasteiger partial charge in [0.2, 0.25) is 10.0 Å². The lowest BCUT2D eigenvalue weighted by Crippen LogP contribution is -2.35. The molecule has 4 nitrogen and oxygen atoms in total. The van der Waals surface area contributed by atoms with E-state index < -0.39 is 10.0 Å². The second-order valence-corrected chi connectivity index (χ2v) is 8.25. The van der Waals surface area contributed by atoms with Crippen LogP contribution in [0.25, 0.3) is 0 Å². The molecule has 0 spiro atoms. The molecule has 1 unspecified atom stereocenters. The molecule has 0 amide bonds. The minimum Gasteiger partial charge on any atom is -0.310 e. The molecule has 0 radical (unpaired) electrons. The Balaban J connectivity index is 2.58. The number of hydrogen-bond acceptors (Lipinski definition) is 4. The van der Waals surface area contributed by atoms with E-state index in [0.717, 1.165) is 23.4 Å². The summed E-state index contributed by atoms with van der Waals surface area (Å²) in [6, 6.07) is 8.12. The first-order valence-corrected chi connectivity index (χ1v) is 10.2. The molecule has 0 saturated carbocycles. The predicted octanol–water partition coefficient (Wildman–Crippen LogP) is 2.36. The van der Waals surface area contributed by atoms with Crippen molar-refractivity contribution in [1.82, 2.24) is 10.0 Å². The van der Waals surface area contributed by atoms with Crippen molar-refractivity contribution >= 4 is 21.8 Å². The molecule has 0 heterocycles. The minimum atomic E-state index is -3.27. The van der Waals surface area contributed by atoms with Crippen molar-refractivity contribution in [2.45, 2.75) is 45.2 Å². The van der Waals surface area contributed by atoms with Gasteiger partial charge in [0.15, 0.2) is 0 Å². The Labute approximate surface area is 133 Å². The summed E-state index contributed by atoms with van der Waals surface area (Å²) < 4.78 is 26.8. The van der Waals surface area contributed by atoms with E-state index in [9.17, 15) is 8.42 Å². The molecule has 1 aromatic carbocycles. The van der Waals surface area contributed by atoms with Gasteiger partial charge in [-0.25, -0.2) is 13.1 Å². The topological polar surface area (TPSA) is 58.2 Å². The first-order valence-electron chi connectivity index (χ1n) is 7.12. The summed E-state index contributed by atoms with van der Waals surface area (Å²) in [5.74, 6) is 0.808. The van der Waals surface area contributed by atoms with Gasteiger partial charge >= 0.3 is 0 Å². The normalized spacial score (nSPS) is 13.6. The van der Waals surface area contributed by atoms with E-state index in [1.165, 1.54) is 0 Å². The summed E-state index contributed by atoms with van der Waals surface area (Å²) in [4.78, 5) is 0. The van der Waals surface area contributed by atoms with Crippen molar-refractivity contribution in [2.24, 2.45) is 0 Å². The highest BCUT2D eigenvalue weighted by Crippen LogP contribution is 2.09. The molecule has 0 aromatic heterocycles. The van der Waals surface area contributed by atoms with Crippen molar-refractivity contribution in [3.8, 4) is 0 Å². The van der Waals surface area contributed by atoms with Crippen LogP contribution in [-0.2, 0) is 22.3 Å². The maximum absolute atomic E-state index is 12.1. The zero-order valence-corrected chi connectivity index (χ0v) is 14.9. The van der Waals surface area contributed by atoms with Crippen LogP contribution >= 0.6 is 11.8 Å². The molecule has 0 fully saturated rings. The molecular weight excluding hydrogens is 304 g/mol. The molecule has 1 atom stereocenters. The predicted molar refractivity (Wildman–Crippen MR) is 92.0 cm³/mol. The number of thioether (sulfide) groups is 1. The molecule has 1 rings (SSSR count). The first kappa shape index (κ1) is 18.5. The van der Waals surface area contributed by atoms with E-state index in [4.69, 9.17) is 0 Å². The summed E-state index contributed by atoms with van der Waals surface area (Å²) in [6.45, 7) is 6.88. The summed E-state index contributed by atoms with van der Waals surface area (Å²) >= 11 is 1.63. The van der Waals surface area contributed by atoms with Crippen LogP contribution in [0.2, 0.25) is 0 Å². The molecule has 21 heavy (non-hydrogen) atoms. The van der Waals surface area contributed by atoms with Crippen LogP contribution in [0.5, 0.6) is 0 Å². The van der Waals surface area contributed by atoms with Crippen LogP contribution in [0.4, 0.5) is 0 Å². The monoisotopic (exact) mass is 330 g/mol. The Morgan fingerprint density at radius 1 is 1.10 bits per heavy atom. The molecule has 0 aliphatic carbocycles. The third-order valence-corrected chi connectivity index (χ3v) is 5.20. The molecule has 6 heteroatoms. The maximum atomic E-state index is 12.1. The SMILES string of the molecule is CSCC(C)NS(=O)(=O)Cc1ccc(CNC(C)C)cc1. The molecule has 0 saturated heterocycles. The number of rotatable bonds is 9. The van der Waals surface area contributed by atoms with Crippen LogP contribution in [0.3, 0.4) is 0 Å². The second kappa shape index (κ2) is 8.78. The number of benzene rings is 1. The zero-order valence-electron chi connectivity index (χ0n) is 13.2. The average molecular weight is 331 g/mol. The van der Waals surface area contributed by atoms with Gasteiger partial charge in [0, 0.05) is 24.4 Å². The Hall–Kier alpha value is -0.560. The van der Waals surface area contributed by atoms with Gasteiger partial charge in [-0.2, -0.15) is 11.8 Å². The number of nitrogens with one attached hydrogen (secondary N) is 2. The summed E-state index contributed by atoms with van der Waals surface area (Å²) in [7, 11) is -3.27. The third kappa shape index (κ3) is 7.85. The quantitative estimate of drug-likeness (QED) is 0.730. The number of sulfonamides is 1. The van der Waals surface area contributed by atoms with Gasteiger partial charge in [0.1, 0.15) is 0 Å². The van der Waals surface area contributed by atoms with Crippen LogP contribution in [0.15, 0.2) is 24.3 Å². The van der Waals surface area contributed by atoms with E-state index in [1.807, 2.05) is 37.4 Å². The lowest BCUT2D eigenvalue weighted by atomic mass is 10.1. The summed E-state index contributed by atoms with van der Waals surface area (Å²) in [5, 5.41) is 3.34. The summed E-state index contributed by atoms with van der Waals surface area (Å²) in [5.41, 5.74) is 1.97. The van der Waals surface area contributed by atoms with Gasteiger partial charge < -0.3 is 5.32 Å². The van der Waals surface area contributed by atoms with E-state index in [1.54, 1.807) is 11.8 Å². The molecule has 2 N–H and O–H groups in total. The lowest BCUT2D eigenvalue weighted by molar-refractivity contribution is 0.570. The van der Waals surface area contributed by atoms with Gasteiger partial charge in [-0.05, 0) is 24.3 Å². The average Bonchev–Trinajstić information content (AvgIpc) is 2.37. The summed E-state index contributed by atoms with van der Waals surface area (Å²) in [6.07, 6.45) is 1.97. The fourth-order valence-corrected chi connectivity index (χ4v) is 4.03. The van der Waals surface area contributed by atoms with Crippen LogP contribution in [-0.4, -0.2) is 32.5 Å². The Morgan fingerprint density at radius 2 is 1.67 bits per heavy atom. The highest BCUT2D eigenvalue weighted by atomic mass is 32.2. The van der Waals surface area contributed by atoms with Gasteiger partial charge in [-0.1, -0.05) is 38.1 Å². The van der Waals surface area contributed by atoms with Crippen molar-refractivity contribution in [3.63, 3.8) is 0 Å². The van der Waals surface area contributed by atoms with E-state index >= 15 is 0 Å². The largest absolute Gasteiger partial charge is 0.310 e. The van der Waals surface area contributed by atoms with Crippen molar-refractivity contribution in [1.29, 1.82) is 0 Å². The van der Waals surface area contributed by atoms with Gasteiger partial charge in [0.05, 0.1) is 5.75 Å². The van der Waals surface area contributed by atoms with Gasteiger partial charge in [-0.15, -0.1) is 0 Å². The molecule has 0 aliphatic heterocycles. The standard InChI is InChI=1S/C15H26N2O2S2/c1-12(2)16-9-14-5-7-15(8-6-14)11-21(18,19)17-13(3)10-20-4/h5-8,12-13,16-17H,9-11H2,1-4H3. The van der Waals surface area contributed by atoms with Crippen LogP contribution in [0, 0.1) is 0 Å². The molecule has 1 aromatic rings. The van der Waals surface area contributed by atoms with Crippen molar-refractivity contribution < 1.29 is 8.42 Å². The molecule has 120 valence electrons. The minimum absolute atomic E-state index is 0.0314. The smallest absolute Gasteiger partial charge is 0.216 e. The van der Waals surface area contributed by atoms with Crippen molar-refractivity contribution in [2.75, 3.05) is 12.0 Å². The lowest BCUT2D eigenvalue weighted by Gasteiger charge is -2.13. The van der Waals surface area contributed by atoms with Crippen molar-refractivity contribution in [3.05, 3.63) is 35.4 Å². The van der Waals surface area contributed by atoms with Gasteiger partial charge in [-0.3, -0.25) is 0 Å². The Bertz CT molecular complexity index is 513. The van der Waals surface area contributed by atoms with Crippen LogP contribution in [0.1, 0.15) is 31.9 Å². The van der Waals surface area contributed by atoms with E-state index in [2.05, 4.69) is 23.9 Å². The fraction of sp³-hybridized carbons (Fsp3) is 0.600. The zero-order chi connectivity index (χ0) is 15.9. The second-order valence-electron chi connectivity index (χ2n) is 5.59. The fourth-order valence-electron chi connectivity index (χ4n) is 1.93. The Kier molecular flexibility index (Phi) is 7.73. The van der Waals surface area contributed by atoms with E-state index in [0.29, 0.717) is 6.04 Å². The first-order chi connectivity index (χ1) is 9.82. The van der Waals surface area contributed by atoms with Crippen LogP contribution < -0.4 is 10.0 Å². The highest BCUT2D eigenvalue weighted by molar-refractivity contribution is 7.98. The third-order valence-electron chi connectivity index (χ3n) is 2.89. The highest BCUT2D eigenvalue weighted by Gasteiger charge is 2.14. The molecule has 0 bridgehead atoms. The van der Waals surface area contributed by atoms with Gasteiger partial charge in [0.25, 0.3) is 0 Å².